The summed E-state index contributed by atoms with van der Waals surface area (Å²) in [6.07, 6.45) is 0. The van der Waals surface area contributed by atoms with Crippen LogP contribution >= 0.6 is 20.4 Å². The van der Waals surface area contributed by atoms with E-state index in [1.54, 1.807) is 6.92 Å². The molecule has 0 heterocycles. The summed E-state index contributed by atoms with van der Waals surface area (Å²) in [5.74, 6) is 6.08. The Morgan fingerprint density at radius 3 is 2.33 bits per heavy atom. The van der Waals surface area contributed by atoms with Crippen molar-refractivity contribution in [1.82, 2.24) is 0 Å². The minimum atomic E-state index is -0.454. The van der Waals surface area contributed by atoms with E-state index >= 15 is 0 Å². The highest BCUT2D eigenvalue weighted by Crippen LogP contribution is 2.10. The highest BCUT2D eigenvalue weighted by Gasteiger charge is 1.62. The smallest absolute Gasteiger partial charge is 0.00178 e. The van der Waals surface area contributed by atoms with Gasteiger partial charge >= 0.3 is 0 Å². The molecule has 0 saturated carbocycles. The zero-order valence-corrected chi connectivity index (χ0v) is 5.07. The SMILES string of the molecule is C=S(Cl)C#CC. The Hall–Kier alpha value is 0.0700. The van der Waals surface area contributed by atoms with E-state index in [1.165, 1.54) is 0 Å². The first-order chi connectivity index (χ1) is 2.77. The summed E-state index contributed by atoms with van der Waals surface area (Å²) in [6, 6.07) is 0. The normalized spacial score (nSPS) is 11.7. The van der Waals surface area contributed by atoms with Gasteiger partial charge in [0.15, 0.2) is 0 Å². The Balaban J connectivity index is 3.50. The van der Waals surface area contributed by atoms with Crippen molar-refractivity contribution in [2.45, 2.75) is 6.92 Å². The maximum absolute atomic E-state index is 5.32. The van der Waals surface area contributed by atoms with Crippen molar-refractivity contribution in [3.63, 3.8) is 0 Å². The molecule has 0 aliphatic rings. The summed E-state index contributed by atoms with van der Waals surface area (Å²) in [6.45, 7) is 1.74. The van der Waals surface area contributed by atoms with Crippen molar-refractivity contribution in [2.24, 2.45) is 0 Å². The highest BCUT2D eigenvalue weighted by molar-refractivity contribution is 8.37. The second kappa shape index (κ2) is 3.27. The Bertz CT molecular complexity index is 106. The summed E-state index contributed by atoms with van der Waals surface area (Å²) < 4.78 is 0. The second-order valence-electron chi connectivity index (χ2n) is 0.683. The van der Waals surface area contributed by atoms with Gasteiger partial charge in [0.25, 0.3) is 0 Å². The molecular formula is C4H5ClS. The summed E-state index contributed by atoms with van der Waals surface area (Å²) in [5.41, 5.74) is 0. The van der Waals surface area contributed by atoms with Gasteiger partial charge in [-0.25, -0.2) is 0 Å². The quantitative estimate of drug-likeness (QED) is 0.338. The van der Waals surface area contributed by atoms with E-state index in [0.29, 0.717) is 0 Å². The molecule has 0 N–H and O–H groups in total. The Morgan fingerprint density at radius 1 is 1.83 bits per heavy atom. The average Bonchev–Trinajstić information content (AvgIpc) is 1.35. The first-order valence-electron chi connectivity index (χ1n) is 1.40. The van der Waals surface area contributed by atoms with Crippen LogP contribution in [0.2, 0.25) is 0 Å². The monoisotopic (exact) mass is 120 g/mol. The fourth-order valence-electron chi connectivity index (χ4n) is 0.111. The van der Waals surface area contributed by atoms with Gasteiger partial charge in [0.1, 0.15) is 0 Å². The van der Waals surface area contributed by atoms with Crippen LogP contribution in [0.4, 0.5) is 0 Å². The van der Waals surface area contributed by atoms with Crippen LogP contribution in [0.25, 0.3) is 0 Å². The topological polar surface area (TPSA) is 0 Å². The lowest BCUT2D eigenvalue weighted by atomic mass is 10.9. The van der Waals surface area contributed by atoms with Gasteiger partial charge in [0, 0.05) is 0 Å². The maximum atomic E-state index is 5.32. The molecule has 0 spiro atoms. The van der Waals surface area contributed by atoms with Crippen LogP contribution in [0.1, 0.15) is 6.92 Å². The fraction of sp³-hybridized carbons (Fsp3) is 0.250. The highest BCUT2D eigenvalue weighted by atomic mass is 35.7. The summed E-state index contributed by atoms with van der Waals surface area (Å²) >= 11 is 0. The maximum Gasteiger partial charge on any atom is -0.00178 e. The molecule has 0 aromatic carbocycles. The van der Waals surface area contributed by atoms with E-state index < -0.39 is 9.70 Å². The van der Waals surface area contributed by atoms with Gasteiger partial charge in [-0.3, -0.25) is 0 Å². The van der Waals surface area contributed by atoms with Crippen molar-refractivity contribution in [3.8, 4) is 11.2 Å². The second-order valence-corrected chi connectivity index (χ2v) is 2.67. The Labute approximate surface area is 44.9 Å². The van der Waals surface area contributed by atoms with Crippen LogP contribution < -0.4 is 0 Å². The molecule has 0 bridgehead atoms. The molecule has 0 nitrogen and oxygen atoms in total. The zero-order chi connectivity index (χ0) is 4.99. The third kappa shape index (κ3) is 4.07. The molecule has 0 amide bonds. The summed E-state index contributed by atoms with van der Waals surface area (Å²) in [4.78, 5) is 0. The molecule has 34 valence electrons. The summed E-state index contributed by atoms with van der Waals surface area (Å²) in [5, 5.41) is 2.64. The lowest BCUT2D eigenvalue weighted by Crippen LogP contribution is -1.38. The molecule has 1 unspecified atom stereocenters. The fourth-order valence-corrected chi connectivity index (χ4v) is 0.564. The predicted molar refractivity (Wildman–Crippen MR) is 34.0 cm³/mol. The molecule has 0 aromatic heterocycles. The van der Waals surface area contributed by atoms with Crippen LogP contribution in [-0.4, -0.2) is 5.87 Å². The molecular weight excluding hydrogens is 116 g/mol. The molecule has 0 saturated heterocycles. The van der Waals surface area contributed by atoms with Gasteiger partial charge in [0.2, 0.25) is 0 Å². The van der Waals surface area contributed by atoms with E-state index in [9.17, 15) is 0 Å². The van der Waals surface area contributed by atoms with Gasteiger partial charge in [0.05, 0.1) is 0 Å². The van der Waals surface area contributed by atoms with E-state index in [-0.39, 0.29) is 0 Å². The molecule has 0 aliphatic carbocycles. The lowest BCUT2D eigenvalue weighted by molar-refractivity contribution is 1.94. The van der Waals surface area contributed by atoms with Gasteiger partial charge in [-0.1, -0.05) is 5.92 Å². The van der Waals surface area contributed by atoms with Crippen LogP contribution in [0.5, 0.6) is 0 Å². The van der Waals surface area contributed by atoms with Crippen molar-refractivity contribution >= 4 is 26.3 Å². The lowest BCUT2D eigenvalue weighted by Gasteiger charge is -1.69. The zero-order valence-electron chi connectivity index (χ0n) is 3.49. The largest absolute Gasteiger partial charge is 0.0940 e. The van der Waals surface area contributed by atoms with Crippen molar-refractivity contribution in [1.29, 1.82) is 0 Å². The van der Waals surface area contributed by atoms with E-state index in [0.717, 1.165) is 0 Å². The van der Waals surface area contributed by atoms with Gasteiger partial charge in [-0.2, -0.15) is 0 Å². The molecule has 0 rings (SSSR count). The first-order valence-corrected chi connectivity index (χ1v) is 3.62. The van der Waals surface area contributed by atoms with Crippen LogP contribution in [0.15, 0.2) is 0 Å². The third-order valence-corrected chi connectivity index (χ3v) is 0.870. The van der Waals surface area contributed by atoms with E-state index in [2.05, 4.69) is 17.0 Å². The van der Waals surface area contributed by atoms with Crippen molar-refractivity contribution in [2.75, 3.05) is 0 Å². The van der Waals surface area contributed by atoms with Gasteiger partial charge in [-0.05, 0) is 38.4 Å². The van der Waals surface area contributed by atoms with Gasteiger partial charge in [-0.15, -0.1) is 0 Å². The number of rotatable bonds is 0. The molecule has 2 heteroatoms. The minimum Gasteiger partial charge on any atom is -0.0940 e. The minimum absolute atomic E-state index is 0.454. The van der Waals surface area contributed by atoms with E-state index in [4.69, 9.17) is 10.7 Å². The average molecular weight is 121 g/mol. The Morgan fingerprint density at radius 2 is 2.33 bits per heavy atom. The van der Waals surface area contributed by atoms with Gasteiger partial charge < -0.3 is 0 Å². The van der Waals surface area contributed by atoms with Crippen molar-refractivity contribution in [3.05, 3.63) is 0 Å². The van der Waals surface area contributed by atoms with Crippen LogP contribution in [0, 0.1) is 11.2 Å². The first kappa shape index (κ1) is 6.07. The molecule has 6 heavy (non-hydrogen) atoms. The number of hydrogen-bond acceptors (Lipinski definition) is 0. The van der Waals surface area contributed by atoms with Crippen molar-refractivity contribution < 1.29 is 0 Å². The molecule has 0 fully saturated rings. The molecule has 1 atom stereocenters. The third-order valence-electron chi connectivity index (χ3n) is 0.213. The van der Waals surface area contributed by atoms with Crippen LogP contribution in [-0.2, 0) is 0 Å². The number of halogens is 1. The predicted octanol–water partition coefficient (Wildman–Crippen LogP) is 1.82. The molecule has 0 aliphatic heterocycles. The number of hydrogen-bond donors (Lipinski definition) is 0. The van der Waals surface area contributed by atoms with Crippen LogP contribution in [0.3, 0.4) is 0 Å². The Kier molecular flexibility index (Phi) is 3.31. The summed E-state index contributed by atoms with van der Waals surface area (Å²) in [7, 11) is 4.87. The van der Waals surface area contributed by atoms with E-state index in [1.807, 2.05) is 0 Å². The molecule has 0 radical (unpaired) electrons. The molecule has 0 aromatic rings. The standard InChI is InChI=1S/C4H5ClS/c1-3-4-6(2)5/h2H2,1H3.